The zero-order valence-electron chi connectivity index (χ0n) is 14.4. The number of H-pyrrole nitrogens is 1. The smallest absolute Gasteiger partial charge is 0.434 e. The molecule has 0 aliphatic carbocycles. The van der Waals surface area contributed by atoms with E-state index in [4.69, 9.17) is 14.2 Å². The van der Waals surface area contributed by atoms with Crippen molar-refractivity contribution in [1.82, 2.24) is 9.55 Å². The molecular formula is C16H21BrN2O7. The Morgan fingerprint density at radius 2 is 2.23 bits per heavy atom. The van der Waals surface area contributed by atoms with Crippen LogP contribution in [0.5, 0.6) is 0 Å². The van der Waals surface area contributed by atoms with Gasteiger partial charge in [-0.05, 0) is 17.0 Å². The molecule has 1 aromatic heterocycles. The van der Waals surface area contributed by atoms with Gasteiger partial charge in [0.05, 0.1) is 18.3 Å². The second kappa shape index (κ2) is 9.15. The van der Waals surface area contributed by atoms with Crippen LogP contribution in [0.15, 0.2) is 20.8 Å². The van der Waals surface area contributed by atoms with Gasteiger partial charge < -0.3 is 19.3 Å². The number of carbonyl (C=O) groups is 1. The van der Waals surface area contributed by atoms with Crippen LogP contribution in [0.3, 0.4) is 0 Å². The highest BCUT2D eigenvalue weighted by Gasteiger charge is 2.36. The zero-order chi connectivity index (χ0) is 19.3. The Bertz CT molecular complexity index is 771. The van der Waals surface area contributed by atoms with Crippen molar-refractivity contribution >= 4 is 28.2 Å². The molecular weight excluding hydrogens is 412 g/mol. The fraction of sp³-hybridized carbons (Fsp3) is 0.562. The molecule has 0 spiro atoms. The SMILES string of the molecule is CC(C)COC(=O)OC[C@H]1O[C@@H](n2cc(/C=C/Br)c(=O)[nH]c2=O)C[C@@H]1O. The molecule has 0 saturated carbocycles. The van der Waals surface area contributed by atoms with Gasteiger partial charge in [0, 0.05) is 12.6 Å². The summed E-state index contributed by atoms with van der Waals surface area (Å²) in [5.74, 6) is 0.176. The van der Waals surface area contributed by atoms with Gasteiger partial charge in [0.2, 0.25) is 0 Å². The number of hydrogen-bond donors (Lipinski definition) is 2. The molecule has 0 unspecified atom stereocenters. The number of carbonyl (C=O) groups excluding carboxylic acids is 1. The first-order chi connectivity index (χ1) is 12.3. The van der Waals surface area contributed by atoms with E-state index in [1.165, 1.54) is 21.8 Å². The van der Waals surface area contributed by atoms with Gasteiger partial charge in [-0.15, -0.1) is 0 Å². The lowest BCUT2D eigenvalue weighted by molar-refractivity contribution is -0.0595. The van der Waals surface area contributed by atoms with Crippen molar-refractivity contribution in [3.8, 4) is 0 Å². The van der Waals surface area contributed by atoms with Gasteiger partial charge in [0.1, 0.15) is 18.9 Å². The summed E-state index contributed by atoms with van der Waals surface area (Å²) < 4.78 is 16.6. The number of nitrogens with one attached hydrogen (secondary N) is 1. The minimum Gasteiger partial charge on any atom is -0.434 e. The summed E-state index contributed by atoms with van der Waals surface area (Å²) in [6.07, 6.45) is -0.450. The summed E-state index contributed by atoms with van der Waals surface area (Å²) in [6, 6.07) is 0. The van der Waals surface area contributed by atoms with E-state index >= 15 is 0 Å². The van der Waals surface area contributed by atoms with Crippen LogP contribution in [0.2, 0.25) is 0 Å². The van der Waals surface area contributed by atoms with Gasteiger partial charge in [-0.3, -0.25) is 14.3 Å². The molecule has 0 radical (unpaired) electrons. The number of hydrogen-bond acceptors (Lipinski definition) is 7. The third-order valence-corrected chi connectivity index (χ3v) is 3.92. The molecule has 2 N–H and O–H groups in total. The Kier molecular flexibility index (Phi) is 7.18. The van der Waals surface area contributed by atoms with Crippen LogP contribution < -0.4 is 11.2 Å². The number of aromatic amines is 1. The molecule has 3 atom stereocenters. The van der Waals surface area contributed by atoms with E-state index < -0.39 is 35.8 Å². The van der Waals surface area contributed by atoms with Gasteiger partial charge in [-0.1, -0.05) is 29.8 Å². The number of ether oxygens (including phenoxy) is 3. The van der Waals surface area contributed by atoms with E-state index in [1.54, 1.807) is 0 Å². The van der Waals surface area contributed by atoms with Crippen LogP contribution in [-0.4, -0.2) is 46.2 Å². The van der Waals surface area contributed by atoms with Crippen LogP contribution >= 0.6 is 15.9 Å². The molecule has 0 bridgehead atoms. The van der Waals surface area contributed by atoms with E-state index in [-0.39, 0.29) is 31.1 Å². The summed E-state index contributed by atoms with van der Waals surface area (Å²) in [4.78, 5) is 38.9. The Morgan fingerprint density at radius 3 is 2.88 bits per heavy atom. The first-order valence-corrected chi connectivity index (χ1v) is 8.98. The van der Waals surface area contributed by atoms with Crippen molar-refractivity contribution in [1.29, 1.82) is 0 Å². The standard InChI is InChI=1S/C16H21BrN2O7/c1-9(2)7-24-16(23)25-8-12-11(20)5-13(26-12)19-6-10(3-4-17)14(21)18-15(19)22/h3-4,6,9,11-13,20H,5,7-8H2,1-2H3,(H,18,21,22)/b4-3+/t11-,12+,13+/m0/s1. The van der Waals surface area contributed by atoms with Crippen molar-refractivity contribution in [2.75, 3.05) is 13.2 Å². The van der Waals surface area contributed by atoms with E-state index in [0.717, 1.165) is 0 Å². The topological polar surface area (TPSA) is 120 Å². The minimum atomic E-state index is -0.938. The fourth-order valence-electron chi connectivity index (χ4n) is 2.36. The van der Waals surface area contributed by atoms with Gasteiger partial charge in [0.25, 0.3) is 5.56 Å². The van der Waals surface area contributed by atoms with Crippen LogP contribution in [0, 0.1) is 5.92 Å². The molecule has 0 amide bonds. The minimum absolute atomic E-state index is 0.110. The van der Waals surface area contributed by atoms with Gasteiger partial charge in [0.15, 0.2) is 0 Å². The summed E-state index contributed by atoms with van der Waals surface area (Å²) >= 11 is 3.07. The lowest BCUT2D eigenvalue weighted by Gasteiger charge is -2.16. The van der Waals surface area contributed by atoms with Crippen molar-refractivity contribution in [2.45, 2.75) is 38.7 Å². The Morgan fingerprint density at radius 1 is 1.50 bits per heavy atom. The lowest BCUT2D eigenvalue weighted by Crippen LogP contribution is -2.33. The molecule has 2 heterocycles. The van der Waals surface area contributed by atoms with Gasteiger partial charge in [-0.2, -0.15) is 0 Å². The summed E-state index contributed by atoms with van der Waals surface area (Å²) in [7, 11) is 0. The van der Waals surface area contributed by atoms with Gasteiger partial charge in [-0.25, -0.2) is 9.59 Å². The van der Waals surface area contributed by atoms with Gasteiger partial charge >= 0.3 is 11.8 Å². The van der Waals surface area contributed by atoms with Crippen LogP contribution in [-0.2, 0) is 14.2 Å². The molecule has 1 aromatic rings. The van der Waals surface area contributed by atoms with E-state index in [1.807, 2.05) is 13.8 Å². The van der Waals surface area contributed by atoms with E-state index in [0.29, 0.717) is 0 Å². The average molecular weight is 433 g/mol. The highest BCUT2D eigenvalue weighted by Crippen LogP contribution is 2.28. The maximum absolute atomic E-state index is 12.0. The third kappa shape index (κ3) is 5.29. The maximum Gasteiger partial charge on any atom is 0.508 e. The highest BCUT2D eigenvalue weighted by atomic mass is 79.9. The number of aliphatic hydroxyl groups is 1. The molecule has 144 valence electrons. The molecule has 1 aliphatic rings. The maximum atomic E-state index is 12.0. The zero-order valence-corrected chi connectivity index (χ0v) is 16.0. The fourth-order valence-corrected chi connectivity index (χ4v) is 2.65. The Balaban J connectivity index is 2.02. The van der Waals surface area contributed by atoms with Crippen molar-refractivity contribution in [3.63, 3.8) is 0 Å². The number of rotatable bonds is 6. The molecule has 9 nitrogen and oxygen atoms in total. The predicted octanol–water partition coefficient (Wildman–Crippen LogP) is 1.36. The Labute approximate surface area is 157 Å². The average Bonchev–Trinajstić information content (AvgIpc) is 2.94. The largest absolute Gasteiger partial charge is 0.508 e. The Hall–Kier alpha value is -1.91. The normalized spacial score (nSPS) is 22.9. The highest BCUT2D eigenvalue weighted by molar-refractivity contribution is 9.11. The quantitative estimate of drug-likeness (QED) is 0.650. The second-order valence-corrected chi connectivity index (χ2v) is 6.77. The predicted molar refractivity (Wildman–Crippen MR) is 96.0 cm³/mol. The summed E-state index contributed by atoms with van der Waals surface area (Å²) in [6.45, 7) is 3.80. The first kappa shape index (κ1) is 20.4. The molecule has 2 rings (SSSR count). The molecule has 1 aliphatic heterocycles. The molecule has 26 heavy (non-hydrogen) atoms. The molecule has 0 aromatic carbocycles. The first-order valence-electron chi connectivity index (χ1n) is 8.07. The van der Waals surface area contributed by atoms with E-state index in [9.17, 15) is 19.5 Å². The third-order valence-electron chi connectivity index (χ3n) is 3.65. The van der Waals surface area contributed by atoms with E-state index in [2.05, 4.69) is 20.9 Å². The summed E-state index contributed by atoms with van der Waals surface area (Å²) in [5, 5.41) is 10.1. The van der Waals surface area contributed by atoms with Crippen molar-refractivity contribution in [3.05, 3.63) is 37.6 Å². The van der Waals surface area contributed by atoms with Crippen LogP contribution in [0.25, 0.3) is 6.08 Å². The summed E-state index contributed by atoms with van der Waals surface area (Å²) in [5.41, 5.74) is -0.943. The van der Waals surface area contributed by atoms with Crippen molar-refractivity contribution in [2.24, 2.45) is 5.92 Å². The lowest BCUT2D eigenvalue weighted by atomic mass is 10.2. The number of halogens is 1. The second-order valence-electron chi connectivity index (χ2n) is 6.24. The van der Waals surface area contributed by atoms with Crippen molar-refractivity contribution < 1.29 is 24.1 Å². The number of aromatic nitrogens is 2. The van der Waals surface area contributed by atoms with Crippen LogP contribution in [0.4, 0.5) is 4.79 Å². The number of nitrogens with zero attached hydrogens (tertiary/aromatic N) is 1. The number of aliphatic hydroxyl groups excluding tert-OH is 1. The molecule has 10 heteroatoms. The monoisotopic (exact) mass is 432 g/mol. The molecule has 1 saturated heterocycles. The van der Waals surface area contributed by atoms with Crippen LogP contribution in [0.1, 0.15) is 32.1 Å². The molecule has 1 fully saturated rings.